The molecule has 1 aliphatic rings. The highest BCUT2D eigenvalue weighted by Crippen LogP contribution is 2.32. The lowest BCUT2D eigenvalue weighted by atomic mass is 9.78. The van der Waals surface area contributed by atoms with Crippen molar-refractivity contribution in [3.8, 4) is 5.75 Å². The van der Waals surface area contributed by atoms with E-state index in [2.05, 4.69) is 12.7 Å². The van der Waals surface area contributed by atoms with Gasteiger partial charge >= 0.3 is 5.97 Å². The highest BCUT2D eigenvalue weighted by molar-refractivity contribution is 5.89. The molecule has 4 atom stereocenters. The topological polar surface area (TPSA) is 87.0 Å². The van der Waals surface area contributed by atoms with Gasteiger partial charge in [0, 0.05) is 12.3 Å². The summed E-state index contributed by atoms with van der Waals surface area (Å²) in [5.74, 6) is -0.913. The number of carbonyl (C=O) groups excluding carboxylic acids is 1. The Morgan fingerprint density at radius 3 is 2.44 bits per heavy atom. The van der Waals surface area contributed by atoms with Crippen molar-refractivity contribution in [3.05, 3.63) is 53.6 Å². The maximum absolute atomic E-state index is 12.6. The minimum absolute atomic E-state index is 0.0210. The van der Waals surface area contributed by atoms with Gasteiger partial charge in [-0.1, -0.05) is 32.1 Å². The molecule has 1 aliphatic carbocycles. The summed E-state index contributed by atoms with van der Waals surface area (Å²) in [6.45, 7) is 9.77. The molecule has 0 amide bonds. The third kappa shape index (κ3) is 5.44. The van der Waals surface area contributed by atoms with E-state index in [0.29, 0.717) is 24.0 Å². The third-order valence-corrected chi connectivity index (χ3v) is 5.18. The Labute approximate surface area is 161 Å². The first-order valence-corrected chi connectivity index (χ1v) is 9.40. The minimum Gasteiger partial charge on any atom is -0.508 e. The van der Waals surface area contributed by atoms with Crippen LogP contribution in [0.25, 0.3) is 0 Å². The van der Waals surface area contributed by atoms with E-state index >= 15 is 0 Å². The summed E-state index contributed by atoms with van der Waals surface area (Å²) in [4.78, 5) is 12.6. The van der Waals surface area contributed by atoms with Gasteiger partial charge in [-0.25, -0.2) is 4.79 Å². The molecular weight excluding hydrogens is 344 g/mol. The number of aromatic hydroxyl groups is 1. The number of carbonyl (C=O) groups is 1. The number of ether oxygens (including phenoxy) is 1. The molecule has 2 rings (SSSR count). The van der Waals surface area contributed by atoms with Gasteiger partial charge in [0.15, 0.2) is 0 Å². The maximum Gasteiger partial charge on any atom is 0.338 e. The van der Waals surface area contributed by atoms with Gasteiger partial charge in [-0.05, 0) is 55.5 Å². The molecule has 0 heterocycles. The molecule has 0 saturated carbocycles. The highest BCUT2D eigenvalue weighted by atomic mass is 16.5. The predicted molar refractivity (Wildman–Crippen MR) is 104 cm³/mol. The van der Waals surface area contributed by atoms with Crippen LogP contribution in [0.1, 0.15) is 50.4 Å². The molecule has 0 aliphatic heterocycles. The lowest BCUT2D eigenvalue weighted by molar-refractivity contribution is -0.0707. The van der Waals surface area contributed by atoms with E-state index in [1.54, 1.807) is 0 Å². The molecule has 0 aromatic heterocycles. The van der Waals surface area contributed by atoms with Crippen LogP contribution in [0.2, 0.25) is 0 Å². The monoisotopic (exact) mass is 374 g/mol. The second-order valence-corrected chi connectivity index (χ2v) is 7.70. The van der Waals surface area contributed by atoms with Crippen LogP contribution in [-0.2, 0) is 4.74 Å². The first kappa shape index (κ1) is 21.2. The summed E-state index contributed by atoms with van der Waals surface area (Å²) < 4.78 is 5.79. The fourth-order valence-electron chi connectivity index (χ4n) is 3.61. The fourth-order valence-corrected chi connectivity index (χ4v) is 3.61. The van der Waals surface area contributed by atoms with Crippen molar-refractivity contribution < 1.29 is 24.9 Å². The van der Waals surface area contributed by atoms with Crippen LogP contribution in [0.4, 0.5) is 0 Å². The van der Waals surface area contributed by atoms with Crippen molar-refractivity contribution in [2.75, 3.05) is 0 Å². The van der Waals surface area contributed by atoms with Crippen LogP contribution in [0.15, 0.2) is 48.1 Å². The number of hydrogen-bond acceptors (Lipinski definition) is 5. The zero-order chi connectivity index (χ0) is 20.1. The van der Waals surface area contributed by atoms with E-state index in [0.717, 1.165) is 12.0 Å². The van der Waals surface area contributed by atoms with Crippen LogP contribution >= 0.6 is 0 Å². The number of allylic oxidation sites excluding steroid dienone is 1. The number of phenolic OH excluding ortho intramolecular Hbond substituents is 1. The Bertz CT molecular complexity index is 689. The quantitative estimate of drug-likeness (QED) is 0.556. The van der Waals surface area contributed by atoms with Crippen molar-refractivity contribution in [1.82, 2.24) is 0 Å². The van der Waals surface area contributed by atoms with E-state index in [-0.39, 0.29) is 11.7 Å². The summed E-state index contributed by atoms with van der Waals surface area (Å²) in [5, 5.41) is 30.7. The van der Waals surface area contributed by atoms with Gasteiger partial charge < -0.3 is 20.1 Å². The Balaban J connectivity index is 2.33. The van der Waals surface area contributed by atoms with E-state index < -0.39 is 30.2 Å². The van der Waals surface area contributed by atoms with Crippen LogP contribution in [-0.4, -0.2) is 39.6 Å². The van der Waals surface area contributed by atoms with Crippen molar-refractivity contribution >= 4 is 5.97 Å². The molecule has 0 unspecified atom stereocenters. The molecule has 3 N–H and O–H groups in total. The fraction of sp³-hybridized carbons (Fsp3) is 0.500. The summed E-state index contributed by atoms with van der Waals surface area (Å²) in [7, 11) is 0. The normalized spacial score (nSPS) is 27.2. The van der Waals surface area contributed by atoms with Gasteiger partial charge in [0.2, 0.25) is 0 Å². The molecule has 0 fully saturated rings. The Morgan fingerprint density at radius 1 is 1.22 bits per heavy atom. The van der Waals surface area contributed by atoms with Gasteiger partial charge in [0.25, 0.3) is 0 Å². The van der Waals surface area contributed by atoms with E-state index in [1.165, 1.54) is 24.3 Å². The van der Waals surface area contributed by atoms with Crippen LogP contribution in [0.5, 0.6) is 5.75 Å². The summed E-state index contributed by atoms with van der Waals surface area (Å²) in [5.41, 5.74) is 1.98. The average molecular weight is 374 g/mol. The molecule has 5 nitrogen and oxygen atoms in total. The first-order chi connectivity index (χ1) is 12.7. The molecule has 1 aromatic carbocycles. The molecule has 1 aromatic rings. The number of esters is 1. The SMILES string of the molecule is C=C1CCC=C(C)C[C@H](OC(=O)c2ccc(O)cc2)[C@H](C(C)C)[C@H](O)[C@H]1O. The van der Waals surface area contributed by atoms with Crippen molar-refractivity contribution in [2.24, 2.45) is 11.8 Å². The minimum atomic E-state index is -1.07. The number of rotatable bonds is 3. The Morgan fingerprint density at radius 2 is 1.85 bits per heavy atom. The molecule has 0 spiro atoms. The number of phenols is 1. The molecule has 27 heavy (non-hydrogen) atoms. The van der Waals surface area contributed by atoms with Gasteiger partial charge in [-0.3, -0.25) is 0 Å². The third-order valence-electron chi connectivity index (χ3n) is 5.18. The Kier molecular flexibility index (Phi) is 7.22. The molecule has 0 bridgehead atoms. The molecule has 0 radical (unpaired) electrons. The largest absolute Gasteiger partial charge is 0.508 e. The van der Waals surface area contributed by atoms with E-state index in [1.807, 2.05) is 20.8 Å². The lowest BCUT2D eigenvalue weighted by Gasteiger charge is -2.37. The number of benzene rings is 1. The summed E-state index contributed by atoms with van der Waals surface area (Å²) in [6.07, 6.45) is 1.17. The number of hydrogen-bond donors (Lipinski definition) is 3. The average Bonchev–Trinajstić information content (AvgIpc) is 2.60. The molecule has 148 valence electrons. The highest BCUT2D eigenvalue weighted by Gasteiger charge is 2.38. The van der Waals surface area contributed by atoms with Crippen molar-refractivity contribution in [2.45, 2.75) is 58.3 Å². The first-order valence-electron chi connectivity index (χ1n) is 9.40. The number of aliphatic hydroxyl groups is 2. The van der Waals surface area contributed by atoms with Gasteiger partial charge in [-0.2, -0.15) is 0 Å². The zero-order valence-corrected chi connectivity index (χ0v) is 16.3. The van der Waals surface area contributed by atoms with Crippen LogP contribution < -0.4 is 0 Å². The number of aliphatic hydroxyl groups excluding tert-OH is 2. The smallest absolute Gasteiger partial charge is 0.338 e. The summed E-state index contributed by atoms with van der Waals surface area (Å²) in [6, 6.07) is 5.85. The molecule has 0 saturated heterocycles. The van der Waals surface area contributed by atoms with E-state index in [4.69, 9.17) is 4.74 Å². The van der Waals surface area contributed by atoms with Gasteiger partial charge in [0.05, 0.1) is 11.7 Å². The lowest BCUT2D eigenvalue weighted by Crippen LogP contribution is -2.45. The Hall–Kier alpha value is -2.11. The molecular formula is C22H30O5. The second kappa shape index (κ2) is 9.20. The predicted octanol–water partition coefficient (Wildman–Crippen LogP) is 3.60. The zero-order valence-electron chi connectivity index (χ0n) is 16.3. The van der Waals surface area contributed by atoms with Crippen LogP contribution in [0.3, 0.4) is 0 Å². The van der Waals surface area contributed by atoms with Crippen molar-refractivity contribution in [1.29, 1.82) is 0 Å². The van der Waals surface area contributed by atoms with E-state index in [9.17, 15) is 20.1 Å². The summed E-state index contributed by atoms with van der Waals surface area (Å²) >= 11 is 0. The van der Waals surface area contributed by atoms with Crippen LogP contribution in [0, 0.1) is 11.8 Å². The van der Waals surface area contributed by atoms with Gasteiger partial charge in [0.1, 0.15) is 18.0 Å². The second-order valence-electron chi connectivity index (χ2n) is 7.70. The van der Waals surface area contributed by atoms with Crippen molar-refractivity contribution in [3.63, 3.8) is 0 Å². The standard InChI is InChI=1S/C22H30O5/c1-13(2)19-18(27-22(26)16-8-10-17(23)11-9-16)12-14(3)6-5-7-15(4)20(24)21(19)25/h6,8-11,13,18-21,23-25H,4-5,7,12H2,1-3H3/t18-,19-,20-,21-/m0/s1. The molecule has 5 heteroatoms. The van der Waals surface area contributed by atoms with Gasteiger partial charge in [-0.15, -0.1) is 0 Å². The maximum atomic E-state index is 12.6.